The Morgan fingerprint density at radius 1 is 1.37 bits per heavy atom. The number of hydrogen-bond acceptors (Lipinski definition) is 2. The van der Waals surface area contributed by atoms with Crippen LogP contribution in [0.3, 0.4) is 0 Å². The van der Waals surface area contributed by atoms with Crippen LogP contribution in [0.5, 0.6) is 0 Å². The molecule has 0 saturated heterocycles. The van der Waals surface area contributed by atoms with Crippen molar-refractivity contribution in [1.82, 2.24) is 0 Å². The molecule has 1 amide bonds. The zero-order chi connectivity index (χ0) is 13.7. The van der Waals surface area contributed by atoms with Gasteiger partial charge in [0.2, 0.25) is 5.91 Å². The maximum absolute atomic E-state index is 11.1. The van der Waals surface area contributed by atoms with Crippen molar-refractivity contribution in [3.8, 4) is 0 Å². The molecule has 1 aromatic rings. The van der Waals surface area contributed by atoms with Gasteiger partial charge >= 0.3 is 0 Å². The van der Waals surface area contributed by atoms with E-state index in [1.807, 2.05) is 18.2 Å². The largest absolute Gasteiger partial charge is 0.384 e. The van der Waals surface area contributed by atoms with Gasteiger partial charge < -0.3 is 10.6 Å². The fourth-order valence-corrected chi connectivity index (χ4v) is 2.39. The Balaban J connectivity index is 1.98. The molecular formula is C16H22N2O. The molecule has 0 heterocycles. The standard InChI is InChI=1S/C16H22N2O/c1-12-8-9-15(18-13(2)19)10-16(12)17-11-14-6-4-3-5-7-14/h3-4,8-10,14,17H,5-7,11H2,1-2H3,(H,18,19). The predicted molar refractivity (Wildman–Crippen MR) is 80.5 cm³/mol. The fraction of sp³-hybridized carbons (Fsp3) is 0.438. The lowest BCUT2D eigenvalue weighted by Gasteiger charge is -2.20. The van der Waals surface area contributed by atoms with E-state index >= 15 is 0 Å². The van der Waals surface area contributed by atoms with Gasteiger partial charge in [-0.15, -0.1) is 0 Å². The van der Waals surface area contributed by atoms with Crippen molar-refractivity contribution in [2.24, 2.45) is 5.92 Å². The van der Waals surface area contributed by atoms with E-state index in [9.17, 15) is 4.79 Å². The van der Waals surface area contributed by atoms with Gasteiger partial charge in [-0.25, -0.2) is 0 Å². The van der Waals surface area contributed by atoms with Crippen molar-refractivity contribution in [1.29, 1.82) is 0 Å². The summed E-state index contributed by atoms with van der Waals surface area (Å²) in [6, 6.07) is 5.98. The maximum atomic E-state index is 11.1. The summed E-state index contributed by atoms with van der Waals surface area (Å²) in [6.07, 6.45) is 8.15. The molecule has 2 N–H and O–H groups in total. The average molecular weight is 258 g/mol. The molecule has 0 radical (unpaired) electrons. The molecule has 19 heavy (non-hydrogen) atoms. The van der Waals surface area contributed by atoms with Gasteiger partial charge in [-0.3, -0.25) is 4.79 Å². The molecule has 0 aliphatic heterocycles. The SMILES string of the molecule is CC(=O)Nc1ccc(C)c(NCC2CC=CCC2)c1. The van der Waals surface area contributed by atoms with E-state index in [1.165, 1.54) is 25.3 Å². The number of benzene rings is 1. The van der Waals surface area contributed by atoms with Crippen molar-refractivity contribution in [3.63, 3.8) is 0 Å². The molecule has 1 unspecified atom stereocenters. The number of allylic oxidation sites excluding steroid dienone is 2. The number of anilines is 2. The van der Waals surface area contributed by atoms with Crippen LogP contribution in [-0.4, -0.2) is 12.5 Å². The van der Waals surface area contributed by atoms with Gasteiger partial charge in [0.05, 0.1) is 0 Å². The van der Waals surface area contributed by atoms with Gasteiger partial charge in [-0.2, -0.15) is 0 Å². The van der Waals surface area contributed by atoms with Crippen molar-refractivity contribution in [3.05, 3.63) is 35.9 Å². The van der Waals surface area contributed by atoms with Crippen molar-refractivity contribution < 1.29 is 4.79 Å². The molecule has 0 aromatic heterocycles. The Hall–Kier alpha value is -1.77. The molecule has 0 saturated carbocycles. The molecule has 3 heteroatoms. The molecule has 0 fully saturated rings. The lowest BCUT2D eigenvalue weighted by Crippen LogP contribution is -2.16. The van der Waals surface area contributed by atoms with Gasteiger partial charge in [-0.1, -0.05) is 18.2 Å². The van der Waals surface area contributed by atoms with Crippen molar-refractivity contribution in [2.75, 3.05) is 17.2 Å². The summed E-state index contributed by atoms with van der Waals surface area (Å²) in [7, 11) is 0. The summed E-state index contributed by atoms with van der Waals surface area (Å²) in [5.74, 6) is 0.682. The summed E-state index contributed by atoms with van der Waals surface area (Å²) in [4.78, 5) is 11.1. The van der Waals surface area contributed by atoms with Gasteiger partial charge in [0, 0.05) is 24.8 Å². The van der Waals surface area contributed by atoms with Crippen LogP contribution in [-0.2, 0) is 4.79 Å². The van der Waals surface area contributed by atoms with Crippen LogP contribution in [0.1, 0.15) is 31.7 Å². The third kappa shape index (κ3) is 4.12. The highest BCUT2D eigenvalue weighted by Gasteiger charge is 2.10. The number of carbonyl (C=O) groups is 1. The lowest BCUT2D eigenvalue weighted by atomic mass is 9.94. The first-order valence-corrected chi connectivity index (χ1v) is 6.92. The second-order valence-electron chi connectivity index (χ2n) is 5.24. The highest BCUT2D eigenvalue weighted by Crippen LogP contribution is 2.23. The molecule has 0 spiro atoms. The minimum atomic E-state index is -0.0350. The van der Waals surface area contributed by atoms with Crippen LogP contribution in [0.4, 0.5) is 11.4 Å². The third-order valence-electron chi connectivity index (χ3n) is 3.52. The molecular weight excluding hydrogens is 236 g/mol. The smallest absolute Gasteiger partial charge is 0.221 e. The highest BCUT2D eigenvalue weighted by atomic mass is 16.1. The Bertz CT molecular complexity index is 480. The predicted octanol–water partition coefficient (Wildman–Crippen LogP) is 3.72. The topological polar surface area (TPSA) is 41.1 Å². The second-order valence-corrected chi connectivity index (χ2v) is 5.24. The van der Waals surface area contributed by atoms with E-state index in [0.717, 1.165) is 24.3 Å². The van der Waals surface area contributed by atoms with Gasteiger partial charge in [0.15, 0.2) is 0 Å². The average Bonchev–Trinajstić information content (AvgIpc) is 2.40. The number of aryl methyl sites for hydroxylation is 1. The van der Waals surface area contributed by atoms with Gasteiger partial charge in [-0.05, 0) is 49.8 Å². The normalized spacial score (nSPS) is 18.1. The Kier molecular flexibility index (Phi) is 4.61. The summed E-state index contributed by atoms with van der Waals surface area (Å²) in [6.45, 7) is 4.61. The van der Waals surface area contributed by atoms with Crippen LogP contribution >= 0.6 is 0 Å². The number of rotatable bonds is 4. The summed E-state index contributed by atoms with van der Waals surface area (Å²) in [5.41, 5.74) is 3.17. The Morgan fingerprint density at radius 3 is 2.89 bits per heavy atom. The minimum Gasteiger partial charge on any atom is -0.384 e. The Labute approximate surface area is 115 Å². The first-order chi connectivity index (χ1) is 9.15. The number of nitrogens with one attached hydrogen (secondary N) is 2. The number of amides is 1. The van der Waals surface area contributed by atoms with Crippen LogP contribution in [0.25, 0.3) is 0 Å². The van der Waals surface area contributed by atoms with Crippen molar-refractivity contribution >= 4 is 17.3 Å². The second kappa shape index (κ2) is 6.41. The zero-order valence-corrected chi connectivity index (χ0v) is 11.7. The van der Waals surface area contributed by atoms with Gasteiger partial charge in [0.25, 0.3) is 0 Å². The first-order valence-electron chi connectivity index (χ1n) is 6.92. The molecule has 1 aromatic carbocycles. The van der Waals surface area contributed by atoms with E-state index in [2.05, 4.69) is 29.7 Å². The summed E-state index contributed by atoms with van der Waals surface area (Å²) >= 11 is 0. The minimum absolute atomic E-state index is 0.0350. The molecule has 2 rings (SSSR count). The number of carbonyl (C=O) groups excluding carboxylic acids is 1. The van der Waals surface area contributed by atoms with Crippen LogP contribution in [0.15, 0.2) is 30.4 Å². The molecule has 3 nitrogen and oxygen atoms in total. The van der Waals surface area contributed by atoms with E-state index in [1.54, 1.807) is 0 Å². The summed E-state index contributed by atoms with van der Waals surface area (Å²) in [5, 5.41) is 6.33. The van der Waals surface area contributed by atoms with Gasteiger partial charge in [0.1, 0.15) is 0 Å². The van der Waals surface area contributed by atoms with E-state index in [-0.39, 0.29) is 5.91 Å². The molecule has 1 aliphatic carbocycles. The molecule has 0 bridgehead atoms. The fourth-order valence-electron chi connectivity index (χ4n) is 2.39. The maximum Gasteiger partial charge on any atom is 0.221 e. The van der Waals surface area contributed by atoms with Crippen molar-refractivity contribution in [2.45, 2.75) is 33.1 Å². The van der Waals surface area contributed by atoms with E-state index in [0.29, 0.717) is 5.92 Å². The molecule has 102 valence electrons. The van der Waals surface area contributed by atoms with Crippen LogP contribution < -0.4 is 10.6 Å². The van der Waals surface area contributed by atoms with Crippen LogP contribution in [0, 0.1) is 12.8 Å². The molecule has 1 aliphatic rings. The van der Waals surface area contributed by atoms with Crippen LogP contribution in [0.2, 0.25) is 0 Å². The monoisotopic (exact) mass is 258 g/mol. The summed E-state index contributed by atoms with van der Waals surface area (Å²) < 4.78 is 0. The molecule has 1 atom stereocenters. The first kappa shape index (κ1) is 13.7. The third-order valence-corrected chi connectivity index (χ3v) is 3.52. The highest BCUT2D eigenvalue weighted by molar-refractivity contribution is 5.89. The lowest BCUT2D eigenvalue weighted by molar-refractivity contribution is -0.114. The zero-order valence-electron chi connectivity index (χ0n) is 11.7. The quantitative estimate of drug-likeness (QED) is 0.808. The van der Waals surface area contributed by atoms with E-state index < -0.39 is 0 Å². The number of hydrogen-bond donors (Lipinski definition) is 2. The van der Waals surface area contributed by atoms with E-state index in [4.69, 9.17) is 0 Å². The Morgan fingerprint density at radius 2 is 2.21 bits per heavy atom.